The van der Waals surface area contributed by atoms with Gasteiger partial charge < -0.3 is 4.74 Å². The van der Waals surface area contributed by atoms with Crippen LogP contribution in [0.3, 0.4) is 0 Å². The monoisotopic (exact) mass is 467 g/mol. The van der Waals surface area contributed by atoms with Crippen molar-refractivity contribution >= 4 is 44.4 Å². The van der Waals surface area contributed by atoms with Crippen molar-refractivity contribution < 1.29 is 13.9 Å². The number of carbonyl (C=O) groups excluding carboxylic acids is 1. The summed E-state index contributed by atoms with van der Waals surface area (Å²) in [5, 5.41) is 0.620. The van der Waals surface area contributed by atoms with E-state index in [0.717, 1.165) is 20.8 Å². The summed E-state index contributed by atoms with van der Waals surface area (Å²) < 4.78 is 19.8. The molecule has 0 unspecified atom stereocenters. The zero-order valence-electron chi connectivity index (χ0n) is 17.5. The molecule has 0 saturated heterocycles. The Morgan fingerprint density at radius 1 is 1.12 bits per heavy atom. The van der Waals surface area contributed by atoms with Gasteiger partial charge in [0.25, 0.3) is 0 Å². The van der Waals surface area contributed by atoms with Crippen LogP contribution in [0.25, 0.3) is 10.2 Å². The number of halogens is 1. The van der Waals surface area contributed by atoms with E-state index >= 15 is 0 Å². The van der Waals surface area contributed by atoms with Crippen molar-refractivity contribution in [3.63, 3.8) is 0 Å². The maximum absolute atomic E-state index is 13.2. The number of rotatable bonds is 9. The fourth-order valence-corrected chi connectivity index (χ4v) is 4.98. The molecule has 4 aromatic rings. The first-order chi connectivity index (χ1) is 15.6. The van der Waals surface area contributed by atoms with Crippen molar-refractivity contribution in [3.05, 3.63) is 78.4 Å². The number of anilines is 1. The number of thiazole rings is 1. The Morgan fingerprint density at radius 3 is 2.72 bits per heavy atom. The van der Waals surface area contributed by atoms with E-state index < -0.39 is 0 Å². The number of fused-ring (bicyclic) bond motifs is 1. The van der Waals surface area contributed by atoms with Crippen LogP contribution >= 0.6 is 23.1 Å². The van der Waals surface area contributed by atoms with Crippen molar-refractivity contribution in [1.29, 1.82) is 0 Å². The molecule has 4 rings (SSSR count). The van der Waals surface area contributed by atoms with Gasteiger partial charge in [-0.05, 0) is 55.5 Å². The van der Waals surface area contributed by atoms with E-state index in [0.29, 0.717) is 36.2 Å². The second kappa shape index (κ2) is 10.6. The van der Waals surface area contributed by atoms with Gasteiger partial charge in [-0.15, -0.1) is 11.8 Å². The topological polar surface area (TPSA) is 55.3 Å². The molecule has 164 valence electrons. The van der Waals surface area contributed by atoms with Crippen molar-refractivity contribution in [2.45, 2.75) is 24.8 Å². The second-order valence-corrected chi connectivity index (χ2v) is 9.06. The summed E-state index contributed by atoms with van der Waals surface area (Å²) in [6.45, 7) is 2.82. The Morgan fingerprint density at radius 2 is 1.97 bits per heavy atom. The average molecular weight is 468 g/mol. The maximum atomic E-state index is 13.2. The molecular weight excluding hydrogens is 445 g/mol. The Bertz CT molecular complexity index is 1180. The highest BCUT2D eigenvalue weighted by Crippen LogP contribution is 2.35. The van der Waals surface area contributed by atoms with Gasteiger partial charge in [0.1, 0.15) is 17.1 Å². The van der Waals surface area contributed by atoms with Gasteiger partial charge >= 0.3 is 0 Å². The van der Waals surface area contributed by atoms with E-state index in [9.17, 15) is 9.18 Å². The Labute approximate surface area is 194 Å². The van der Waals surface area contributed by atoms with Crippen LogP contribution in [-0.2, 0) is 11.3 Å². The van der Waals surface area contributed by atoms with Crippen LogP contribution < -0.4 is 9.64 Å². The molecule has 8 heteroatoms. The maximum Gasteiger partial charge on any atom is 0.229 e. The van der Waals surface area contributed by atoms with Crippen LogP contribution in [0.1, 0.15) is 19.0 Å². The molecular formula is C24H22FN3O2S2. The normalized spacial score (nSPS) is 10.9. The van der Waals surface area contributed by atoms with Gasteiger partial charge in [0, 0.05) is 23.3 Å². The minimum absolute atomic E-state index is 0.0396. The number of benzene rings is 2. The molecule has 1 amide bonds. The van der Waals surface area contributed by atoms with Crippen molar-refractivity contribution in [2.24, 2.45) is 0 Å². The number of ether oxygens (including phenoxy) is 1. The summed E-state index contributed by atoms with van der Waals surface area (Å²) in [5.74, 6) is 0.985. The standard InChI is InChI=1S/C24H22FN3O2S2/c1-2-30-20-7-5-8-21-23(20)27-24(32-21)28(16-18-6-3-4-14-26-18)22(29)13-15-31-19-11-9-17(25)10-12-19/h3-12,14H,2,13,15-16H2,1H3. The number of carbonyl (C=O) groups is 1. The van der Waals surface area contributed by atoms with Crippen molar-refractivity contribution in [2.75, 3.05) is 17.3 Å². The third-order valence-corrected chi connectivity index (χ3v) is 6.70. The summed E-state index contributed by atoms with van der Waals surface area (Å²) in [6, 6.07) is 17.7. The van der Waals surface area contributed by atoms with Gasteiger partial charge in [0.05, 0.1) is 23.5 Å². The van der Waals surface area contributed by atoms with E-state index in [1.165, 1.54) is 35.2 Å². The predicted molar refractivity (Wildman–Crippen MR) is 128 cm³/mol. The van der Waals surface area contributed by atoms with Gasteiger partial charge in [0.2, 0.25) is 5.91 Å². The average Bonchev–Trinajstić information content (AvgIpc) is 3.24. The summed E-state index contributed by atoms with van der Waals surface area (Å²) in [4.78, 5) is 25.0. The molecule has 0 aliphatic rings. The van der Waals surface area contributed by atoms with Gasteiger partial charge in [-0.1, -0.05) is 23.5 Å². The van der Waals surface area contributed by atoms with E-state index in [-0.39, 0.29) is 11.7 Å². The summed E-state index contributed by atoms with van der Waals surface area (Å²) >= 11 is 2.99. The Kier molecular flexibility index (Phi) is 7.34. The number of para-hydroxylation sites is 1. The van der Waals surface area contributed by atoms with Crippen LogP contribution in [-0.4, -0.2) is 28.2 Å². The highest BCUT2D eigenvalue weighted by Gasteiger charge is 2.21. The van der Waals surface area contributed by atoms with Gasteiger partial charge in [-0.2, -0.15) is 0 Å². The van der Waals surface area contributed by atoms with Crippen LogP contribution in [0, 0.1) is 5.82 Å². The summed E-state index contributed by atoms with van der Waals surface area (Å²) in [7, 11) is 0. The van der Waals surface area contributed by atoms with Crippen LogP contribution in [0.4, 0.5) is 9.52 Å². The lowest BCUT2D eigenvalue weighted by atomic mass is 10.3. The molecule has 0 radical (unpaired) electrons. The lowest BCUT2D eigenvalue weighted by molar-refractivity contribution is -0.118. The van der Waals surface area contributed by atoms with Crippen molar-refractivity contribution in [3.8, 4) is 5.75 Å². The summed E-state index contributed by atoms with van der Waals surface area (Å²) in [5.41, 5.74) is 1.55. The quantitative estimate of drug-likeness (QED) is 0.285. The van der Waals surface area contributed by atoms with E-state index in [1.807, 2.05) is 43.3 Å². The zero-order chi connectivity index (χ0) is 22.3. The molecule has 0 bridgehead atoms. The molecule has 0 saturated carbocycles. The minimum atomic E-state index is -0.269. The zero-order valence-corrected chi connectivity index (χ0v) is 19.2. The van der Waals surface area contributed by atoms with Crippen LogP contribution in [0.2, 0.25) is 0 Å². The number of aromatic nitrogens is 2. The van der Waals surface area contributed by atoms with E-state index in [2.05, 4.69) is 4.98 Å². The third-order valence-electron chi connectivity index (χ3n) is 4.65. The fraction of sp³-hybridized carbons (Fsp3) is 0.208. The van der Waals surface area contributed by atoms with E-state index in [1.54, 1.807) is 23.2 Å². The molecule has 2 aromatic carbocycles. The van der Waals surface area contributed by atoms with Crippen LogP contribution in [0.5, 0.6) is 5.75 Å². The number of thioether (sulfide) groups is 1. The minimum Gasteiger partial charge on any atom is -0.492 e. The third kappa shape index (κ3) is 5.44. The molecule has 0 aliphatic heterocycles. The first-order valence-electron chi connectivity index (χ1n) is 10.2. The molecule has 0 atom stereocenters. The molecule has 2 aromatic heterocycles. The summed E-state index contributed by atoms with van der Waals surface area (Å²) in [6.07, 6.45) is 2.04. The Hall–Kier alpha value is -2.97. The molecule has 5 nitrogen and oxygen atoms in total. The number of nitrogens with zero attached hydrogens (tertiary/aromatic N) is 3. The Balaban J connectivity index is 1.55. The fourth-order valence-electron chi connectivity index (χ4n) is 3.14. The van der Waals surface area contributed by atoms with E-state index in [4.69, 9.17) is 9.72 Å². The molecule has 0 N–H and O–H groups in total. The number of hydrogen-bond acceptors (Lipinski definition) is 6. The highest BCUT2D eigenvalue weighted by atomic mass is 32.2. The number of hydrogen-bond donors (Lipinski definition) is 0. The molecule has 0 spiro atoms. The SMILES string of the molecule is CCOc1cccc2sc(N(Cc3ccccn3)C(=O)CCSc3ccc(F)cc3)nc12. The van der Waals surface area contributed by atoms with Crippen LogP contribution in [0.15, 0.2) is 71.8 Å². The molecule has 0 fully saturated rings. The number of pyridine rings is 1. The number of amides is 1. The largest absolute Gasteiger partial charge is 0.492 e. The van der Waals surface area contributed by atoms with Gasteiger partial charge in [-0.25, -0.2) is 9.37 Å². The smallest absolute Gasteiger partial charge is 0.229 e. The van der Waals surface area contributed by atoms with Crippen molar-refractivity contribution in [1.82, 2.24) is 9.97 Å². The second-order valence-electron chi connectivity index (χ2n) is 6.89. The first kappa shape index (κ1) is 22.2. The lowest BCUT2D eigenvalue weighted by Gasteiger charge is -2.19. The molecule has 2 heterocycles. The predicted octanol–water partition coefficient (Wildman–Crippen LogP) is 5.94. The highest BCUT2D eigenvalue weighted by molar-refractivity contribution is 7.99. The van der Waals surface area contributed by atoms with Gasteiger partial charge in [0.15, 0.2) is 5.13 Å². The lowest BCUT2D eigenvalue weighted by Crippen LogP contribution is -2.30. The molecule has 0 aliphatic carbocycles. The first-order valence-corrected chi connectivity index (χ1v) is 12.0. The van der Waals surface area contributed by atoms with Gasteiger partial charge in [-0.3, -0.25) is 14.7 Å². The molecule has 32 heavy (non-hydrogen) atoms.